The number of carbonyl (C=O) groups is 1. The Bertz CT molecular complexity index is 780. The van der Waals surface area contributed by atoms with E-state index < -0.39 is 0 Å². The van der Waals surface area contributed by atoms with E-state index in [0.717, 1.165) is 10.9 Å². The van der Waals surface area contributed by atoms with Gasteiger partial charge in [-0.05, 0) is 6.07 Å². The Morgan fingerprint density at radius 2 is 2.39 bits per heavy atom. The number of benzene rings is 1. The highest BCUT2D eigenvalue weighted by Gasteiger charge is 2.10. The van der Waals surface area contributed by atoms with Crippen LogP contribution in [0.5, 0.6) is 0 Å². The molecule has 3 rings (SSSR count). The number of carbonyl (C=O) groups excluding carboxylic acids is 1. The number of hydrogen-bond acceptors (Lipinski definition) is 3. The number of aryl methyl sites for hydroxylation is 1. The summed E-state index contributed by atoms with van der Waals surface area (Å²) in [4.78, 5) is 16.9. The third-order valence-electron chi connectivity index (χ3n) is 2.66. The summed E-state index contributed by atoms with van der Waals surface area (Å²) in [6.45, 7) is 0. The summed E-state index contributed by atoms with van der Waals surface area (Å²) in [7, 11) is 1.86. The minimum atomic E-state index is -0.261. The Morgan fingerprint density at radius 3 is 3.17 bits per heavy atom. The molecule has 1 aromatic carbocycles. The minimum Gasteiger partial charge on any atom is -0.327 e. The number of para-hydroxylation sites is 1. The number of hydrogen-bond donors (Lipinski definition) is 1. The fourth-order valence-corrected chi connectivity index (χ4v) is 2.46. The van der Waals surface area contributed by atoms with Crippen molar-refractivity contribution in [1.82, 2.24) is 14.8 Å². The molecule has 5 nitrogen and oxygen atoms in total. The molecule has 0 spiro atoms. The molecule has 0 atom stereocenters. The Labute approximate surface area is 106 Å². The molecular formula is C12H10N4OS. The van der Waals surface area contributed by atoms with E-state index in [1.54, 1.807) is 12.3 Å². The second-order valence-electron chi connectivity index (χ2n) is 3.85. The van der Waals surface area contributed by atoms with E-state index in [-0.39, 0.29) is 5.91 Å². The maximum Gasteiger partial charge on any atom is 0.281 e. The monoisotopic (exact) mass is 258 g/mol. The Balaban J connectivity index is 2.14. The second kappa shape index (κ2) is 4.23. The molecule has 0 unspecified atom stereocenters. The number of nitrogens with zero attached hydrogens (tertiary/aromatic N) is 3. The second-order valence-corrected chi connectivity index (χ2v) is 4.73. The molecule has 1 amide bonds. The highest BCUT2D eigenvalue weighted by molar-refractivity contribution is 7.07. The summed E-state index contributed by atoms with van der Waals surface area (Å²) < 4.78 is 1.82. The molecule has 2 heterocycles. The number of fused-ring (bicyclic) bond motifs is 1. The van der Waals surface area contributed by atoms with E-state index >= 15 is 0 Å². The highest BCUT2D eigenvalue weighted by Crippen LogP contribution is 2.16. The summed E-state index contributed by atoms with van der Waals surface area (Å²) in [6.07, 6.45) is 3.56. The quantitative estimate of drug-likeness (QED) is 0.722. The molecule has 3 aromatic rings. The number of aromatic nitrogens is 3. The van der Waals surface area contributed by atoms with E-state index in [1.807, 2.05) is 35.3 Å². The van der Waals surface area contributed by atoms with Crippen molar-refractivity contribution in [3.05, 3.63) is 46.3 Å². The average molecular weight is 258 g/mol. The van der Waals surface area contributed by atoms with Crippen LogP contribution in [0.3, 0.4) is 0 Å². The van der Waals surface area contributed by atoms with Crippen LogP contribution in [0.15, 0.2) is 41.0 Å². The van der Waals surface area contributed by atoms with Gasteiger partial charge in [-0.15, -0.1) is 11.3 Å². The molecule has 0 fully saturated rings. The van der Waals surface area contributed by atoms with Gasteiger partial charge in [0.05, 0.1) is 17.3 Å². The van der Waals surface area contributed by atoms with E-state index in [0.29, 0.717) is 10.4 Å². The SMILES string of the molecule is Cn1ccsc1=NC(=O)c1cccc2cn[nH]c12. The lowest BCUT2D eigenvalue weighted by atomic mass is 10.1. The van der Waals surface area contributed by atoms with Crippen LogP contribution in [0.2, 0.25) is 0 Å². The normalized spacial score (nSPS) is 12.2. The number of amides is 1. The predicted octanol–water partition coefficient (Wildman–Crippen LogP) is 1.70. The smallest absolute Gasteiger partial charge is 0.281 e. The Hall–Kier alpha value is -2.21. The zero-order valence-electron chi connectivity index (χ0n) is 9.62. The average Bonchev–Trinajstić information content (AvgIpc) is 2.98. The summed E-state index contributed by atoms with van der Waals surface area (Å²) in [6, 6.07) is 5.48. The third-order valence-corrected chi connectivity index (χ3v) is 3.51. The Morgan fingerprint density at radius 1 is 1.50 bits per heavy atom. The standard InChI is InChI=1S/C12H10N4OS/c1-16-5-6-18-12(16)14-11(17)9-4-2-3-8-7-13-15-10(8)9/h2-7H,1H3,(H,13,15). The predicted molar refractivity (Wildman–Crippen MR) is 69.3 cm³/mol. The first-order valence-electron chi connectivity index (χ1n) is 5.37. The van der Waals surface area contributed by atoms with Crippen LogP contribution >= 0.6 is 11.3 Å². The van der Waals surface area contributed by atoms with Gasteiger partial charge in [-0.2, -0.15) is 10.1 Å². The molecule has 2 aromatic heterocycles. The molecule has 0 bridgehead atoms. The van der Waals surface area contributed by atoms with Crippen LogP contribution in [-0.2, 0) is 7.05 Å². The molecule has 0 aliphatic rings. The first-order chi connectivity index (χ1) is 8.75. The van der Waals surface area contributed by atoms with Gasteiger partial charge in [-0.3, -0.25) is 9.89 Å². The third kappa shape index (κ3) is 1.76. The van der Waals surface area contributed by atoms with Crippen molar-refractivity contribution in [3.8, 4) is 0 Å². The van der Waals surface area contributed by atoms with E-state index in [9.17, 15) is 4.79 Å². The van der Waals surface area contributed by atoms with Crippen LogP contribution in [-0.4, -0.2) is 20.7 Å². The van der Waals surface area contributed by atoms with Crippen molar-refractivity contribution in [2.45, 2.75) is 0 Å². The van der Waals surface area contributed by atoms with E-state index in [1.165, 1.54) is 11.3 Å². The van der Waals surface area contributed by atoms with Crippen LogP contribution < -0.4 is 4.80 Å². The molecule has 0 aliphatic carbocycles. The van der Waals surface area contributed by atoms with Crippen molar-refractivity contribution < 1.29 is 4.79 Å². The van der Waals surface area contributed by atoms with Gasteiger partial charge in [0.1, 0.15) is 0 Å². The van der Waals surface area contributed by atoms with Gasteiger partial charge >= 0.3 is 0 Å². The van der Waals surface area contributed by atoms with Crippen molar-refractivity contribution in [3.63, 3.8) is 0 Å². The fraction of sp³-hybridized carbons (Fsp3) is 0.0833. The first kappa shape index (κ1) is 10.9. The lowest BCUT2D eigenvalue weighted by Gasteiger charge is -1.97. The van der Waals surface area contributed by atoms with Crippen molar-refractivity contribution >= 4 is 28.1 Å². The van der Waals surface area contributed by atoms with Gasteiger partial charge in [0.2, 0.25) is 0 Å². The molecule has 1 N–H and O–H groups in total. The summed E-state index contributed by atoms with van der Waals surface area (Å²) in [5.41, 5.74) is 1.27. The number of rotatable bonds is 1. The summed E-state index contributed by atoms with van der Waals surface area (Å²) in [5.74, 6) is -0.261. The maximum atomic E-state index is 12.2. The van der Waals surface area contributed by atoms with Gasteiger partial charge < -0.3 is 4.57 Å². The van der Waals surface area contributed by atoms with Gasteiger partial charge in [0.25, 0.3) is 5.91 Å². The highest BCUT2D eigenvalue weighted by atomic mass is 32.1. The maximum absolute atomic E-state index is 12.2. The molecule has 18 heavy (non-hydrogen) atoms. The van der Waals surface area contributed by atoms with Crippen molar-refractivity contribution in [2.24, 2.45) is 12.0 Å². The van der Waals surface area contributed by atoms with E-state index in [2.05, 4.69) is 15.2 Å². The first-order valence-corrected chi connectivity index (χ1v) is 6.25. The van der Waals surface area contributed by atoms with Crippen LogP contribution in [0, 0.1) is 0 Å². The number of thiazole rings is 1. The molecular weight excluding hydrogens is 248 g/mol. The number of aromatic amines is 1. The fourth-order valence-electron chi connectivity index (χ4n) is 1.73. The largest absolute Gasteiger partial charge is 0.327 e. The van der Waals surface area contributed by atoms with Gasteiger partial charge in [-0.1, -0.05) is 12.1 Å². The van der Waals surface area contributed by atoms with E-state index in [4.69, 9.17) is 0 Å². The van der Waals surface area contributed by atoms with Crippen LogP contribution in [0.1, 0.15) is 10.4 Å². The van der Waals surface area contributed by atoms with Crippen LogP contribution in [0.25, 0.3) is 10.9 Å². The summed E-state index contributed by atoms with van der Waals surface area (Å²) >= 11 is 1.43. The molecule has 0 radical (unpaired) electrons. The number of nitrogens with one attached hydrogen (secondary N) is 1. The van der Waals surface area contributed by atoms with Crippen LogP contribution in [0.4, 0.5) is 0 Å². The zero-order chi connectivity index (χ0) is 12.5. The topological polar surface area (TPSA) is 63.0 Å². The lowest BCUT2D eigenvalue weighted by molar-refractivity contribution is 0.0999. The molecule has 0 saturated heterocycles. The van der Waals surface area contributed by atoms with Crippen molar-refractivity contribution in [1.29, 1.82) is 0 Å². The van der Waals surface area contributed by atoms with Gasteiger partial charge in [-0.25, -0.2) is 0 Å². The molecule has 90 valence electrons. The number of H-pyrrole nitrogens is 1. The molecule has 6 heteroatoms. The van der Waals surface area contributed by atoms with Gasteiger partial charge in [0.15, 0.2) is 4.80 Å². The van der Waals surface area contributed by atoms with Crippen molar-refractivity contribution in [2.75, 3.05) is 0 Å². The molecule has 0 saturated carbocycles. The zero-order valence-corrected chi connectivity index (χ0v) is 10.4. The Kier molecular flexibility index (Phi) is 2.56. The lowest BCUT2D eigenvalue weighted by Crippen LogP contribution is -2.12. The minimum absolute atomic E-state index is 0.261. The van der Waals surface area contributed by atoms with Gasteiger partial charge in [0, 0.05) is 24.0 Å². The molecule has 0 aliphatic heterocycles. The summed E-state index contributed by atoms with van der Waals surface area (Å²) in [5, 5.41) is 9.57.